The first-order valence-corrected chi connectivity index (χ1v) is 7.58. The first-order chi connectivity index (χ1) is 11.2. The molecule has 0 spiro atoms. The van der Waals surface area contributed by atoms with Crippen molar-refractivity contribution in [2.45, 2.75) is 0 Å². The van der Waals surface area contributed by atoms with E-state index in [1.165, 1.54) is 0 Å². The second-order valence-electron chi connectivity index (χ2n) is 4.69. The molecule has 7 heteroatoms. The Balaban J connectivity index is 1.93. The highest BCUT2D eigenvalue weighted by atomic mass is 35.5. The predicted octanol–water partition coefficient (Wildman–Crippen LogP) is 4.15. The molecule has 1 aromatic heterocycles. The van der Waals surface area contributed by atoms with Crippen LogP contribution in [0.2, 0.25) is 5.02 Å². The lowest BCUT2D eigenvalue weighted by Gasteiger charge is -2.02. The molecule has 23 heavy (non-hydrogen) atoms. The molecule has 0 saturated carbocycles. The Morgan fingerprint density at radius 2 is 1.87 bits per heavy atom. The van der Waals surface area contributed by atoms with Crippen LogP contribution < -0.4 is 4.74 Å². The molecular weight excluding hydrogens is 332 g/mol. The fourth-order valence-corrected chi connectivity index (χ4v) is 2.30. The lowest BCUT2D eigenvalue weighted by atomic mass is 10.2. The van der Waals surface area contributed by atoms with Gasteiger partial charge in [0.2, 0.25) is 4.77 Å². The molecule has 0 radical (unpaired) electrons. The Morgan fingerprint density at radius 3 is 2.52 bits per heavy atom. The van der Waals surface area contributed by atoms with E-state index in [9.17, 15) is 0 Å². The SMILES string of the molecule is COc1ccc(/C=N/n2c(-c3ccc(Cl)cc3)n[nH]c2=S)cc1. The number of rotatable bonds is 4. The summed E-state index contributed by atoms with van der Waals surface area (Å²) in [6.45, 7) is 0. The maximum Gasteiger partial charge on any atom is 0.216 e. The third-order valence-electron chi connectivity index (χ3n) is 3.19. The van der Waals surface area contributed by atoms with E-state index >= 15 is 0 Å². The first-order valence-electron chi connectivity index (χ1n) is 6.79. The van der Waals surface area contributed by atoms with Gasteiger partial charge < -0.3 is 4.74 Å². The Labute approximate surface area is 143 Å². The van der Waals surface area contributed by atoms with Gasteiger partial charge in [-0.15, -0.1) is 0 Å². The van der Waals surface area contributed by atoms with Gasteiger partial charge in [-0.1, -0.05) is 11.6 Å². The number of hydrogen-bond acceptors (Lipinski definition) is 4. The fraction of sp³-hybridized carbons (Fsp3) is 0.0625. The molecule has 0 unspecified atom stereocenters. The van der Waals surface area contributed by atoms with E-state index in [1.54, 1.807) is 30.1 Å². The third kappa shape index (κ3) is 3.49. The topological polar surface area (TPSA) is 55.2 Å². The average molecular weight is 345 g/mol. The van der Waals surface area contributed by atoms with Crippen molar-refractivity contribution in [3.63, 3.8) is 0 Å². The largest absolute Gasteiger partial charge is 0.497 e. The standard InChI is InChI=1S/C16H13ClN4OS/c1-22-14-8-2-11(3-9-14)10-18-21-15(19-20-16(21)23)12-4-6-13(17)7-5-12/h2-10H,1H3,(H,20,23)/b18-10+. The quantitative estimate of drug-likeness (QED) is 0.571. The molecule has 0 atom stereocenters. The molecule has 0 fully saturated rings. The maximum absolute atomic E-state index is 5.91. The molecule has 0 aliphatic heterocycles. The number of benzene rings is 2. The van der Waals surface area contributed by atoms with Crippen LogP contribution in [0.4, 0.5) is 0 Å². The molecule has 1 heterocycles. The summed E-state index contributed by atoms with van der Waals surface area (Å²) in [4.78, 5) is 0. The molecule has 0 aliphatic carbocycles. The molecule has 0 aliphatic rings. The second-order valence-corrected chi connectivity index (χ2v) is 5.51. The molecule has 3 rings (SSSR count). The number of hydrogen-bond donors (Lipinski definition) is 1. The van der Waals surface area contributed by atoms with Gasteiger partial charge in [0.15, 0.2) is 5.82 Å². The van der Waals surface area contributed by atoms with Crippen LogP contribution >= 0.6 is 23.8 Å². The van der Waals surface area contributed by atoms with Gasteiger partial charge >= 0.3 is 0 Å². The van der Waals surface area contributed by atoms with Crippen molar-refractivity contribution in [2.24, 2.45) is 5.10 Å². The summed E-state index contributed by atoms with van der Waals surface area (Å²) >= 11 is 11.2. The van der Waals surface area contributed by atoms with E-state index < -0.39 is 0 Å². The van der Waals surface area contributed by atoms with Crippen LogP contribution in [0, 0.1) is 4.77 Å². The van der Waals surface area contributed by atoms with E-state index in [-0.39, 0.29) is 0 Å². The number of nitrogens with one attached hydrogen (secondary N) is 1. The fourth-order valence-electron chi connectivity index (χ4n) is 2.00. The molecule has 116 valence electrons. The molecule has 5 nitrogen and oxygen atoms in total. The minimum atomic E-state index is 0.416. The monoisotopic (exact) mass is 344 g/mol. The third-order valence-corrected chi connectivity index (χ3v) is 3.71. The minimum Gasteiger partial charge on any atom is -0.497 e. The van der Waals surface area contributed by atoms with Gasteiger partial charge in [0.25, 0.3) is 0 Å². The van der Waals surface area contributed by atoms with Crippen molar-refractivity contribution in [1.82, 2.24) is 14.9 Å². The summed E-state index contributed by atoms with van der Waals surface area (Å²) in [6, 6.07) is 14.9. The first kappa shape index (κ1) is 15.5. The molecule has 3 aromatic rings. The number of H-pyrrole nitrogens is 1. The number of halogens is 1. The predicted molar refractivity (Wildman–Crippen MR) is 93.8 cm³/mol. The number of aromatic amines is 1. The number of nitrogens with zero attached hydrogens (tertiary/aromatic N) is 3. The molecular formula is C16H13ClN4OS. The lowest BCUT2D eigenvalue weighted by Crippen LogP contribution is -1.95. The van der Waals surface area contributed by atoms with Crippen molar-refractivity contribution in [3.8, 4) is 17.1 Å². The van der Waals surface area contributed by atoms with E-state index in [0.717, 1.165) is 16.9 Å². The lowest BCUT2D eigenvalue weighted by molar-refractivity contribution is 0.415. The summed E-state index contributed by atoms with van der Waals surface area (Å²) in [5.41, 5.74) is 1.80. The number of methoxy groups -OCH3 is 1. The van der Waals surface area contributed by atoms with Crippen LogP contribution in [0.1, 0.15) is 5.56 Å². The Kier molecular flexibility index (Phi) is 4.55. The highest BCUT2D eigenvalue weighted by Crippen LogP contribution is 2.20. The van der Waals surface area contributed by atoms with Crippen LogP contribution in [0.3, 0.4) is 0 Å². The minimum absolute atomic E-state index is 0.416. The van der Waals surface area contributed by atoms with Crippen LogP contribution in [-0.4, -0.2) is 28.2 Å². The molecule has 0 amide bonds. The van der Waals surface area contributed by atoms with Gasteiger partial charge in [0.05, 0.1) is 13.3 Å². The van der Waals surface area contributed by atoms with Gasteiger partial charge in [-0.3, -0.25) is 0 Å². The smallest absolute Gasteiger partial charge is 0.216 e. The zero-order chi connectivity index (χ0) is 16.2. The summed E-state index contributed by atoms with van der Waals surface area (Å²) in [7, 11) is 1.63. The summed E-state index contributed by atoms with van der Waals surface area (Å²) in [6.07, 6.45) is 1.71. The van der Waals surface area contributed by atoms with Gasteiger partial charge in [-0.05, 0) is 66.3 Å². The second kappa shape index (κ2) is 6.76. The highest BCUT2D eigenvalue weighted by Gasteiger charge is 2.07. The van der Waals surface area contributed by atoms with Crippen molar-refractivity contribution >= 4 is 30.0 Å². The molecule has 1 N–H and O–H groups in total. The number of ether oxygens (including phenoxy) is 1. The zero-order valence-electron chi connectivity index (χ0n) is 12.2. The van der Waals surface area contributed by atoms with Crippen molar-refractivity contribution in [3.05, 3.63) is 63.9 Å². The molecule has 2 aromatic carbocycles. The normalized spacial score (nSPS) is 11.0. The van der Waals surface area contributed by atoms with Crippen molar-refractivity contribution in [1.29, 1.82) is 0 Å². The van der Waals surface area contributed by atoms with Crippen LogP contribution in [0.15, 0.2) is 53.6 Å². The van der Waals surface area contributed by atoms with Crippen molar-refractivity contribution < 1.29 is 4.74 Å². The van der Waals surface area contributed by atoms with E-state index in [4.69, 9.17) is 28.6 Å². The Bertz CT molecular complexity index is 882. The Hall–Kier alpha value is -2.44. The Morgan fingerprint density at radius 1 is 1.17 bits per heavy atom. The molecule has 0 bridgehead atoms. The van der Waals surface area contributed by atoms with E-state index in [1.807, 2.05) is 36.4 Å². The maximum atomic E-state index is 5.91. The van der Waals surface area contributed by atoms with Gasteiger partial charge in [0, 0.05) is 10.6 Å². The summed E-state index contributed by atoms with van der Waals surface area (Å²) in [5, 5.41) is 12.1. The summed E-state index contributed by atoms with van der Waals surface area (Å²) < 4.78 is 7.12. The van der Waals surface area contributed by atoms with Gasteiger partial charge in [-0.2, -0.15) is 14.9 Å². The highest BCUT2D eigenvalue weighted by molar-refractivity contribution is 7.71. The van der Waals surface area contributed by atoms with E-state index in [2.05, 4.69) is 15.3 Å². The van der Waals surface area contributed by atoms with Crippen molar-refractivity contribution in [2.75, 3.05) is 7.11 Å². The van der Waals surface area contributed by atoms with Crippen LogP contribution in [0.5, 0.6) is 5.75 Å². The molecule has 0 saturated heterocycles. The summed E-state index contributed by atoms with van der Waals surface area (Å²) in [5.74, 6) is 1.42. The van der Waals surface area contributed by atoms with Gasteiger partial charge in [-0.25, -0.2) is 5.10 Å². The van der Waals surface area contributed by atoms with Crippen LogP contribution in [-0.2, 0) is 0 Å². The van der Waals surface area contributed by atoms with Gasteiger partial charge in [0.1, 0.15) is 5.75 Å². The average Bonchev–Trinajstić information content (AvgIpc) is 2.95. The number of aromatic nitrogens is 3. The zero-order valence-corrected chi connectivity index (χ0v) is 13.8. The van der Waals surface area contributed by atoms with Crippen LogP contribution in [0.25, 0.3) is 11.4 Å². The van der Waals surface area contributed by atoms with E-state index in [0.29, 0.717) is 15.6 Å².